The van der Waals surface area contributed by atoms with Crippen molar-refractivity contribution in [3.8, 4) is 0 Å². The quantitative estimate of drug-likeness (QED) is 0.728. The highest BCUT2D eigenvalue weighted by Gasteiger charge is 2.42. The van der Waals surface area contributed by atoms with Crippen LogP contribution in [0.25, 0.3) is 10.9 Å². The summed E-state index contributed by atoms with van der Waals surface area (Å²) in [6, 6.07) is 6.30. The Morgan fingerprint density at radius 2 is 2.26 bits per heavy atom. The first-order valence-electron chi connectivity index (χ1n) is 9.64. The zero-order chi connectivity index (χ0) is 19.0. The van der Waals surface area contributed by atoms with E-state index in [1.807, 2.05) is 13.0 Å². The van der Waals surface area contributed by atoms with Gasteiger partial charge in [-0.2, -0.15) is 0 Å². The lowest BCUT2D eigenvalue weighted by Gasteiger charge is -2.46. The van der Waals surface area contributed by atoms with Crippen LogP contribution in [0.4, 0.5) is 4.79 Å². The summed E-state index contributed by atoms with van der Waals surface area (Å²) in [5.41, 5.74) is 3.82. The topological polar surface area (TPSA) is 77.2 Å². The minimum absolute atomic E-state index is 0.194. The number of carbonyl (C=O) groups is 2. The van der Waals surface area contributed by atoms with Crippen LogP contribution in [0.1, 0.15) is 30.4 Å². The third-order valence-electron chi connectivity index (χ3n) is 5.88. The first-order chi connectivity index (χ1) is 13.1. The molecule has 1 aliphatic heterocycles. The number of amides is 3. The largest absolute Gasteiger partial charge is 0.361 e. The number of aromatic amines is 1. The number of rotatable bonds is 4. The maximum atomic E-state index is 12.7. The summed E-state index contributed by atoms with van der Waals surface area (Å²) < 4.78 is 0. The summed E-state index contributed by atoms with van der Waals surface area (Å²) in [6.45, 7) is 7.61. The number of carbonyl (C=O) groups excluding carboxylic acids is 2. The highest BCUT2D eigenvalue weighted by atomic mass is 16.2. The summed E-state index contributed by atoms with van der Waals surface area (Å²) in [5, 5.41) is 6.44. The maximum Gasteiger partial charge on any atom is 0.321 e. The van der Waals surface area contributed by atoms with Crippen LogP contribution in [-0.2, 0) is 11.2 Å². The zero-order valence-electron chi connectivity index (χ0n) is 15.6. The fourth-order valence-electron chi connectivity index (χ4n) is 4.78. The normalized spacial score (nSPS) is 24.3. The molecule has 142 valence electrons. The van der Waals surface area contributed by atoms with Gasteiger partial charge in [-0.15, -0.1) is 6.58 Å². The third kappa shape index (κ3) is 3.14. The van der Waals surface area contributed by atoms with E-state index < -0.39 is 6.03 Å². The fourth-order valence-corrected chi connectivity index (χ4v) is 4.78. The second kappa shape index (κ2) is 7.19. The molecule has 0 bridgehead atoms. The second-order valence-corrected chi connectivity index (χ2v) is 7.49. The molecule has 4 rings (SSSR count). The Balaban J connectivity index is 1.64. The number of piperidine rings is 1. The number of aromatic nitrogens is 1. The molecule has 6 nitrogen and oxygen atoms in total. The summed E-state index contributed by atoms with van der Waals surface area (Å²) in [6.07, 6.45) is 5.74. The zero-order valence-corrected chi connectivity index (χ0v) is 15.6. The van der Waals surface area contributed by atoms with E-state index in [1.165, 1.54) is 16.5 Å². The molecule has 6 heteroatoms. The Morgan fingerprint density at radius 1 is 1.41 bits per heavy atom. The Bertz CT molecular complexity index is 887. The number of likely N-dealkylation sites (tertiary alicyclic amines) is 1. The Hall–Kier alpha value is -2.60. The van der Waals surface area contributed by atoms with Gasteiger partial charge in [-0.05, 0) is 37.0 Å². The monoisotopic (exact) mass is 366 g/mol. The number of urea groups is 1. The minimum atomic E-state index is -0.418. The number of nitrogens with zero attached hydrogens (tertiary/aromatic N) is 1. The molecule has 1 aromatic carbocycles. The van der Waals surface area contributed by atoms with Gasteiger partial charge >= 0.3 is 6.03 Å². The summed E-state index contributed by atoms with van der Waals surface area (Å²) >= 11 is 0. The van der Waals surface area contributed by atoms with E-state index in [0.29, 0.717) is 19.1 Å². The average Bonchev–Trinajstić information content (AvgIpc) is 3.07. The van der Waals surface area contributed by atoms with Crippen LogP contribution in [0.3, 0.4) is 0 Å². The van der Waals surface area contributed by atoms with Crippen molar-refractivity contribution in [3.63, 3.8) is 0 Å². The second-order valence-electron chi connectivity index (χ2n) is 7.49. The molecule has 1 aromatic heterocycles. The van der Waals surface area contributed by atoms with Crippen molar-refractivity contribution >= 4 is 22.8 Å². The lowest BCUT2D eigenvalue weighted by Crippen LogP contribution is -2.54. The number of nitrogens with one attached hydrogen (secondary N) is 3. The molecule has 3 atom stereocenters. The Kier molecular flexibility index (Phi) is 4.74. The smallest absolute Gasteiger partial charge is 0.321 e. The Labute approximate surface area is 159 Å². The van der Waals surface area contributed by atoms with Crippen molar-refractivity contribution in [2.75, 3.05) is 19.6 Å². The van der Waals surface area contributed by atoms with Crippen molar-refractivity contribution in [1.82, 2.24) is 20.5 Å². The van der Waals surface area contributed by atoms with Gasteiger partial charge in [-0.25, -0.2) is 4.79 Å². The molecule has 3 N–H and O–H groups in total. The van der Waals surface area contributed by atoms with Crippen molar-refractivity contribution in [3.05, 3.63) is 48.2 Å². The molecule has 1 saturated heterocycles. The summed E-state index contributed by atoms with van der Waals surface area (Å²) in [4.78, 5) is 30.2. The highest BCUT2D eigenvalue weighted by molar-refractivity contribution is 5.96. The van der Waals surface area contributed by atoms with Gasteiger partial charge in [0.15, 0.2) is 0 Å². The van der Waals surface area contributed by atoms with Gasteiger partial charge in [0.2, 0.25) is 5.91 Å². The number of hydrogen-bond donors (Lipinski definition) is 3. The van der Waals surface area contributed by atoms with E-state index in [2.05, 4.69) is 51.5 Å². The Morgan fingerprint density at radius 3 is 3.04 bits per heavy atom. The molecule has 3 amide bonds. The predicted octanol–water partition coefficient (Wildman–Crippen LogP) is 2.53. The van der Waals surface area contributed by atoms with E-state index in [4.69, 9.17) is 0 Å². The number of hydrogen-bond acceptors (Lipinski definition) is 3. The van der Waals surface area contributed by atoms with Gasteiger partial charge in [0, 0.05) is 48.7 Å². The van der Waals surface area contributed by atoms with Gasteiger partial charge in [-0.1, -0.05) is 18.2 Å². The van der Waals surface area contributed by atoms with Crippen molar-refractivity contribution in [2.24, 2.45) is 5.92 Å². The molecule has 1 aliphatic carbocycles. The number of fused-ring (bicyclic) bond motifs is 2. The van der Waals surface area contributed by atoms with Crippen LogP contribution >= 0.6 is 0 Å². The van der Waals surface area contributed by atoms with E-state index in [1.54, 1.807) is 0 Å². The lowest BCUT2D eigenvalue weighted by molar-refractivity contribution is -0.126. The summed E-state index contributed by atoms with van der Waals surface area (Å²) in [7, 11) is 0. The van der Waals surface area contributed by atoms with Crippen molar-refractivity contribution < 1.29 is 9.59 Å². The highest BCUT2D eigenvalue weighted by Crippen LogP contribution is 2.44. The van der Waals surface area contributed by atoms with Crippen LogP contribution in [0.2, 0.25) is 0 Å². The van der Waals surface area contributed by atoms with E-state index >= 15 is 0 Å². The molecule has 1 fully saturated rings. The van der Waals surface area contributed by atoms with Crippen LogP contribution in [0, 0.1) is 5.92 Å². The van der Waals surface area contributed by atoms with Gasteiger partial charge in [-0.3, -0.25) is 15.0 Å². The SMILES string of the molecule is C=CCN1C[C@H](C(=O)NC(=O)NCC)C[C@@H]2c3cccc4[nH]cc(c34)C[C@H]21. The minimum Gasteiger partial charge on any atom is -0.361 e. The average molecular weight is 366 g/mol. The van der Waals surface area contributed by atoms with Crippen LogP contribution in [0.15, 0.2) is 37.1 Å². The molecular weight excluding hydrogens is 340 g/mol. The van der Waals surface area contributed by atoms with Crippen LogP contribution < -0.4 is 10.6 Å². The molecule has 0 radical (unpaired) electrons. The first-order valence-corrected chi connectivity index (χ1v) is 9.64. The van der Waals surface area contributed by atoms with Crippen LogP contribution in [-0.4, -0.2) is 47.5 Å². The molecule has 2 aliphatic rings. The lowest BCUT2D eigenvalue weighted by atomic mass is 9.72. The van der Waals surface area contributed by atoms with Crippen LogP contribution in [0.5, 0.6) is 0 Å². The predicted molar refractivity (Wildman–Crippen MR) is 106 cm³/mol. The molecule has 2 aromatic rings. The number of benzene rings is 1. The van der Waals surface area contributed by atoms with E-state index in [9.17, 15) is 9.59 Å². The first kappa shape index (κ1) is 17.8. The maximum absolute atomic E-state index is 12.7. The molecule has 0 saturated carbocycles. The van der Waals surface area contributed by atoms with E-state index in [-0.39, 0.29) is 17.7 Å². The number of H-pyrrole nitrogens is 1. The van der Waals surface area contributed by atoms with Crippen molar-refractivity contribution in [2.45, 2.75) is 31.7 Å². The molecule has 0 spiro atoms. The fraction of sp³-hybridized carbons (Fsp3) is 0.429. The van der Waals surface area contributed by atoms with Gasteiger partial charge in [0.05, 0.1) is 5.92 Å². The molecule has 2 heterocycles. The van der Waals surface area contributed by atoms with Crippen molar-refractivity contribution in [1.29, 1.82) is 0 Å². The van der Waals surface area contributed by atoms with E-state index in [0.717, 1.165) is 24.9 Å². The summed E-state index contributed by atoms with van der Waals surface area (Å²) in [5.74, 6) is -0.138. The third-order valence-corrected chi connectivity index (χ3v) is 5.88. The van der Waals surface area contributed by atoms with Gasteiger partial charge < -0.3 is 10.3 Å². The standard InChI is InChI=1S/C21H26N4O2/c1-3-8-25-12-14(20(26)24-21(27)22-4-2)9-16-15-6-5-7-17-19(15)13(11-23-17)10-18(16)25/h3,5-7,11,14,16,18,23H,1,4,8-10,12H2,2H3,(H2,22,24,26,27)/t14-,16-,18-/m1/s1. The molecular formula is C21H26N4O2. The van der Waals surface area contributed by atoms with Gasteiger partial charge in [0.1, 0.15) is 0 Å². The van der Waals surface area contributed by atoms with Gasteiger partial charge in [0.25, 0.3) is 0 Å². The molecule has 0 unspecified atom stereocenters. The molecule has 27 heavy (non-hydrogen) atoms. The number of imide groups is 1.